The number of hydrogen-bond donors (Lipinski definition) is 0. The van der Waals surface area contributed by atoms with Gasteiger partial charge in [0.25, 0.3) is 5.91 Å². The van der Waals surface area contributed by atoms with Gasteiger partial charge in [0.1, 0.15) is 6.04 Å². The van der Waals surface area contributed by atoms with Gasteiger partial charge in [-0.15, -0.1) is 0 Å². The number of rotatable bonds is 2. The normalized spacial score (nSPS) is 17.4. The van der Waals surface area contributed by atoms with Crippen LogP contribution in [0.3, 0.4) is 0 Å². The van der Waals surface area contributed by atoms with Crippen molar-refractivity contribution in [2.75, 3.05) is 7.05 Å². The van der Waals surface area contributed by atoms with Crippen LogP contribution in [-0.2, 0) is 0 Å². The summed E-state index contributed by atoms with van der Waals surface area (Å²) in [6.45, 7) is 0. The van der Waals surface area contributed by atoms with Crippen LogP contribution in [-0.4, -0.2) is 23.6 Å². The number of hydrogen-bond acceptors (Lipinski definition) is 2. The van der Waals surface area contributed by atoms with E-state index in [4.69, 9.17) is 0 Å². The van der Waals surface area contributed by atoms with Gasteiger partial charge < -0.3 is 4.90 Å². The molecule has 0 fully saturated rings. The maximum absolute atomic E-state index is 12.6. The number of likely N-dealkylation sites (N-methyl/N-ethyl adjacent to an activating group) is 1. The zero-order valence-corrected chi connectivity index (χ0v) is 10.5. The van der Waals surface area contributed by atoms with Crippen LogP contribution in [0.5, 0.6) is 0 Å². The van der Waals surface area contributed by atoms with Crippen LogP contribution in [0.15, 0.2) is 54.6 Å². The Labute approximate surface area is 111 Å². The van der Waals surface area contributed by atoms with Crippen LogP contribution in [0, 0.1) is 0 Å². The van der Waals surface area contributed by atoms with Crippen molar-refractivity contribution in [1.82, 2.24) is 4.90 Å². The molecule has 0 spiro atoms. The zero-order chi connectivity index (χ0) is 13.4. The molecular formula is C16H13NO2. The Morgan fingerprint density at radius 2 is 1.63 bits per heavy atom. The Hall–Kier alpha value is -2.42. The van der Waals surface area contributed by atoms with Gasteiger partial charge >= 0.3 is 0 Å². The SMILES string of the molecule is CN1C(=O)c2ccccc2C1C(=O)c1ccccc1. The highest BCUT2D eigenvalue weighted by Crippen LogP contribution is 2.34. The minimum absolute atomic E-state index is 0.0404. The number of nitrogens with zero attached hydrogens (tertiary/aromatic N) is 1. The molecule has 0 saturated heterocycles. The van der Waals surface area contributed by atoms with Crippen molar-refractivity contribution >= 4 is 11.7 Å². The van der Waals surface area contributed by atoms with Gasteiger partial charge in [0.05, 0.1) is 0 Å². The van der Waals surface area contributed by atoms with Crippen molar-refractivity contribution in [2.24, 2.45) is 0 Å². The number of fused-ring (bicyclic) bond motifs is 1. The van der Waals surface area contributed by atoms with Gasteiger partial charge in [0.15, 0.2) is 5.78 Å². The molecule has 0 saturated carbocycles. The maximum Gasteiger partial charge on any atom is 0.254 e. The van der Waals surface area contributed by atoms with E-state index in [-0.39, 0.29) is 11.7 Å². The molecule has 1 amide bonds. The molecule has 3 nitrogen and oxygen atoms in total. The summed E-state index contributed by atoms with van der Waals surface area (Å²) in [6.07, 6.45) is 0. The topological polar surface area (TPSA) is 37.4 Å². The van der Waals surface area contributed by atoms with Gasteiger partial charge in [0, 0.05) is 18.2 Å². The van der Waals surface area contributed by atoms with Crippen LogP contribution in [0.25, 0.3) is 0 Å². The third-order valence-corrected chi connectivity index (χ3v) is 3.50. The molecule has 1 heterocycles. The molecule has 3 rings (SSSR count). The van der Waals surface area contributed by atoms with E-state index < -0.39 is 6.04 Å². The summed E-state index contributed by atoms with van der Waals surface area (Å²) in [5.74, 6) is -0.133. The van der Waals surface area contributed by atoms with Gasteiger partial charge in [-0.25, -0.2) is 0 Å². The van der Waals surface area contributed by atoms with E-state index >= 15 is 0 Å². The summed E-state index contributed by atoms with van der Waals surface area (Å²) in [5, 5.41) is 0. The highest BCUT2D eigenvalue weighted by molar-refractivity contribution is 6.09. The molecule has 0 aliphatic carbocycles. The Balaban J connectivity index is 2.07. The van der Waals surface area contributed by atoms with Crippen molar-refractivity contribution in [3.8, 4) is 0 Å². The number of ketones is 1. The highest BCUT2D eigenvalue weighted by atomic mass is 16.2. The van der Waals surface area contributed by atoms with Crippen LogP contribution in [0.1, 0.15) is 32.3 Å². The van der Waals surface area contributed by atoms with Crippen molar-refractivity contribution in [1.29, 1.82) is 0 Å². The molecule has 2 aromatic carbocycles. The summed E-state index contributed by atoms with van der Waals surface area (Å²) in [5.41, 5.74) is 2.05. The second-order valence-electron chi connectivity index (χ2n) is 4.64. The molecule has 1 aliphatic heterocycles. The van der Waals surface area contributed by atoms with Crippen molar-refractivity contribution in [2.45, 2.75) is 6.04 Å². The lowest BCUT2D eigenvalue weighted by Crippen LogP contribution is -2.28. The summed E-state index contributed by atoms with van der Waals surface area (Å²) >= 11 is 0. The van der Waals surface area contributed by atoms with Crippen LogP contribution < -0.4 is 0 Å². The standard InChI is InChI=1S/C16H13NO2/c1-17-14(15(18)11-7-3-2-4-8-11)12-9-5-6-10-13(12)16(17)19/h2-10,14H,1H3. The molecule has 2 aromatic rings. The molecule has 3 heteroatoms. The van der Waals surface area contributed by atoms with Crippen molar-refractivity contribution in [3.05, 3.63) is 71.3 Å². The fourth-order valence-corrected chi connectivity index (χ4v) is 2.52. The highest BCUT2D eigenvalue weighted by Gasteiger charge is 2.38. The van der Waals surface area contributed by atoms with Crippen molar-refractivity contribution in [3.63, 3.8) is 0 Å². The number of amides is 1. The Morgan fingerprint density at radius 1 is 1.00 bits per heavy atom. The lowest BCUT2D eigenvalue weighted by atomic mass is 9.97. The quantitative estimate of drug-likeness (QED) is 0.769. The largest absolute Gasteiger partial charge is 0.327 e. The van der Waals surface area contributed by atoms with E-state index in [0.717, 1.165) is 5.56 Å². The van der Waals surface area contributed by atoms with Gasteiger partial charge in [-0.3, -0.25) is 9.59 Å². The summed E-state index contributed by atoms with van der Waals surface area (Å²) < 4.78 is 0. The minimum Gasteiger partial charge on any atom is -0.327 e. The average Bonchev–Trinajstić information content (AvgIpc) is 2.72. The fourth-order valence-electron chi connectivity index (χ4n) is 2.52. The molecule has 0 radical (unpaired) electrons. The molecule has 0 aromatic heterocycles. The first-order chi connectivity index (χ1) is 9.20. The van der Waals surface area contributed by atoms with Gasteiger partial charge in [-0.1, -0.05) is 48.5 Å². The first-order valence-corrected chi connectivity index (χ1v) is 6.15. The monoisotopic (exact) mass is 251 g/mol. The first kappa shape index (κ1) is 11.7. The van der Waals surface area contributed by atoms with E-state index in [9.17, 15) is 9.59 Å². The van der Waals surface area contributed by atoms with E-state index in [1.165, 1.54) is 4.90 Å². The predicted molar refractivity (Wildman–Crippen MR) is 72.0 cm³/mol. The summed E-state index contributed by atoms with van der Waals surface area (Å²) in [7, 11) is 1.67. The molecule has 19 heavy (non-hydrogen) atoms. The lowest BCUT2D eigenvalue weighted by Gasteiger charge is -2.19. The van der Waals surface area contributed by atoms with Gasteiger partial charge in [-0.2, -0.15) is 0 Å². The number of carbonyl (C=O) groups is 2. The van der Waals surface area contributed by atoms with Crippen LogP contribution in [0.2, 0.25) is 0 Å². The second-order valence-corrected chi connectivity index (χ2v) is 4.64. The Bertz CT molecular complexity index is 649. The molecule has 1 atom stereocenters. The molecule has 0 bridgehead atoms. The third kappa shape index (κ3) is 1.74. The molecule has 94 valence electrons. The van der Waals surface area contributed by atoms with Gasteiger partial charge in [-0.05, 0) is 11.6 Å². The lowest BCUT2D eigenvalue weighted by molar-refractivity contribution is 0.0701. The van der Waals surface area contributed by atoms with E-state index in [1.807, 2.05) is 36.4 Å². The van der Waals surface area contributed by atoms with Crippen LogP contribution in [0.4, 0.5) is 0 Å². The smallest absolute Gasteiger partial charge is 0.254 e. The first-order valence-electron chi connectivity index (χ1n) is 6.15. The summed E-state index contributed by atoms with van der Waals surface area (Å²) in [6, 6.07) is 15.9. The van der Waals surface area contributed by atoms with Gasteiger partial charge in [0.2, 0.25) is 0 Å². The molecular weight excluding hydrogens is 238 g/mol. The molecule has 1 unspecified atom stereocenters. The minimum atomic E-state index is -0.508. The van der Waals surface area contributed by atoms with Crippen molar-refractivity contribution < 1.29 is 9.59 Å². The predicted octanol–water partition coefficient (Wildman–Crippen LogP) is 2.70. The Morgan fingerprint density at radius 3 is 2.37 bits per heavy atom. The average molecular weight is 251 g/mol. The zero-order valence-electron chi connectivity index (χ0n) is 10.5. The second kappa shape index (κ2) is 4.35. The number of benzene rings is 2. The number of carbonyl (C=O) groups excluding carboxylic acids is 2. The third-order valence-electron chi connectivity index (χ3n) is 3.50. The van der Waals surface area contributed by atoms with E-state index in [1.54, 1.807) is 25.2 Å². The molecule has 1 aliphatic rings. The van der Waals surface area contributed by atoms with E-state index in [0.29, 0.717) is 11.1 Å². The van der Waals surface area contributed by atoms with E-state index in [2.05, 4.69) is 0 Å². The number of Topliss-reactive ketones (excluding diaryl/α,β-unsaturated/α-hetero) is 1. The maximum atomic E-state index is 12.6. The fraction of sp³-hybridized carbons (Fsp3) is 0.125. The molecule has 0 N–H and O–H groups in total. The van der Waals surface area contributed by atoms with Crippen LogP contribution >= 0.6 is 0 Å². The summed E-state index contributed by atoms with van der Waals surface area (Å²) in [4.78, 5) is 26.2. The Kier molecular flexibility index (Phi) is 2.67.